The first kappa shape index (κ1) is 16.5. The molecule has 0 amide bonds. The van der Waals surface area contributed by atoms with Crippen molar-refractivity contribution in [3.8, 4) is 0 Å². The fraction of sp³-hybridized carbons (Fsp3) is 0.0455. The van der Waals surface area contributed by atoms with Gasteiger partial charge in [0.05, 0.1) is 10.3 Å². The van der Waals surface area contributed by atoms with E-state index in [1.54, 1.807) is 24.3 Å². The van der Waals surface area contributed by atoms with E-state index in [-0.39, 0.29) is 4.90 Å². The fourth-order valence-electron chi connectivity index (χ4n) is 3.02. The molecule has 4 aromatic carbocycles. The van der Waals surface area contributed by atoms with Crippen molar-refractivity contribution in [1.82, 2.24) is 0 Å². The van der Waals surface area contributed by atoms with Crippen LogP contribution in [-0.2, 0) is 10.0 Å². The molecule has 3 nitrogen and oxygen atoms in total. The summed E-state index contributed by atoms with van der Waals surface area (Å²) in [6, 6.07) is 26.2. The molecule has 0 N–H and O–H groups in total. The topological polar surface area (TPSA) is 46.5 Å². The largest absolute Gasteiger partial charge is 0.282 e. The highest BCUT2D eigenvalue weighted by atomic mass is 32.2. The van der Waals surface area contributed by atoms with Crippen LogP contribution in [0.1, 0.15) is 5.56 Å². The van der Waals surface area contributed by atoms with Crippen molar-refractivity contribution in [2.45, 2.75) is 11.8 Å². The Bertz CT molecular complexity index is 1230. The molecule has 0 spiro atoms. The van der Waals surface area contributed by atoms with Crippen LogP contribution in [0.15, 0.2) is 94.2 Å². The minimum atomic E-state index is -3.82. The van der Waals surface area contributed by atoms with E-state index in [9.17, 15) is 8.42 Å². The van der Waals surface area contributed by atoms with Crippen molar-refractivity contribution in [3.05, 3.63) is 95.8 Å². The van der Waals surface area contributed by atoms with Gasteiger partial charge in [0.2, 0.25) is 0 Å². The summed E-state index contributed by atoms with van der Waals surface area (Å²) in [6.45, 7) is 1.92. The van der Waals surface area contributed by atoms with Gasteiger partial charge in [0.25, 0.3) is 10.0 Å². The third kappa shape index (κ3) is 3.00. The van der Waals surface area contributed by atoms with Crippen molar-refractivity contribution in [3.63, 3.8) is 0 Å². The Labute approximate surface area is 152 Å². The summed E-state index contributed by atoms with van der Waals surface area (Å²) in [5.74, 6) is 0. The van der Waals surface area contributed by atoms with E-state index in [0.717, 1.165) is 27.1 Å². The summed E-state index contributed by atoms with van der Waals surface area (Å²) in [7, 11) is -3.82. The lowest BCUT2D eigenvalue weighted by molar-refractivity contribution is 0.597. The highest BCUT2D eigenvalue weighted by Crippen LogP contribution is 2.18. The van der Waals surface area contributed by atoms with Gasteiger partial charge in [-0.1, -0.05) is 78.4 Å². The van der Waals surface area contributed by atoms with Gasteiger partial charge in [-0.3, -0.25) is 0 Å². The SMILES string of the molecule is Cc1ccc(S(=O)(=O)N=c2c3ccccc3ccc3ccccc23)cc1. The number of benzene rings is 3. The molecule has 0 aliphatic heterocycles. The van der Waals surface area contributed by atoms with Crippen molar-refractivity contribution in [2.75, 3.05) is 0 Å². The van der Waals surface area contributed by atoms with Gasteiger partial charge in [0, 0.05) is 10.8 Å². The maximum atomic E-state index is 12.9. The number of hydrogen-bond acceptors (Lipinski definition) is 2. The molecule has 0 saturated heterocycles. The second-order valence-electron chi connectivity index (χ2n) is 6.24. The Morgan fingerprint density at radius 1 is 0.654 bits per heavy atom. The van der Waals surface area contributed by atoms with Crippen LogP contribution in [-0.4, -0.2) is 8.42 Å². The lowest BCUT2D eigenvalue weighted by Gasteiger charge is -2.01. The Morgan fingerprint density at radius 3 is 1.69 bits per heavy atom. The minimum absolute atomic E-state index is 0.197. The van der Waals surface area contributed by atoms with Crippen molar-refractivity contribution in [2.24, 2.45) is 4.40 Å². The minimum Gasteiger partial charge on any atom is -0.199 e. The zero-order valence-electron chi connectivity index (χ0n) is 14.3. The van der Waals surface area contributed by atoms with E-state index in [2.05, 4.69) is 4.40 Å². The molecule has 0 atom stereocenters. The van der Waals surface area contributed by atoms with Gasteiger partial charge in [0.1, 0.15) is 0 Å². The number of aryl methyl sites for hydroxylation is 1. The van der Waals surface area contributed by atoms with Gasteiger partial charge in [-0.15, -0.1) is 0 Å². The van der Waals surface area contributed by atoms with Crippen LogP contribution in [0, 0.1) is 6.92 Å². The van der Waals surface area contributed by atoms with Gasteiger partial charge in [-0.2, -0.15) is 12.8 Å². The zero-order valence-corrected chi connectivity index (χ0v) is 15.1. The van der Waals surface area contributed by atoms with Crippen LogP contribution in [0.4, 0.5) is 0 Å². The summed E-state index contributed by atoms with van der Waals surface area (Å²) >= 11 is 0. The molecule has 26 heavy (non-hydrogen) atoms. The third-order valence-corrected chi connectivity index (χ3v) is 5.70. The lowest BCUT2D eigenvalue weighted by atomic mass is 10.1. The number of hydrogen-bond donors (Lipinski definition) is 0. The molecule has 0 fully saturated rings. The summed E-state index contributed by atoms with van der Waals surface area (Å²) in [4.78, 5) is 0.197. The van der Waals surface area contributed by atoms with Crippen LogP contribution in [0.2, 0.25) is 0 Å². The van der Waals surface area contributed by atoms with Gasteiger partial charge in [0.15, 0.2) is 0 Å². The predicted molar refractivity (Wildman–Crippen MR) is 105 cm³/mol. The quantitative estimate of drug-likeness (QED) is 0.525. The molecule has 4 aromatic rings. The first-order valence-electron chi connectivity index (χ1n) is 8.33. The molecule has 0 saturated carbocycles. The van der Waals surface area contributed by atoms with E-state index in [0.29, 0.717) is 5.36 Å². The molecule has 0 aliphatic rings. The summed E-state index contributed by atoms with van der Waals surface area (Å²) < 4.78 is 30.1. The highest BCUT2D eigenvalue weighted by Gasteiger charge is 2.13. The Kier molecular flexibility index (Phi) is 4.05. The summed E-state index contributed by atoms with van der Waals surface area (Å²) in [5.41, 5.74) is 1.01. The third-order valence-electron chi connectivity index (χ3n) is 4.40. The molecule has 0 heterocycles. The van der Waals surface area contributed by atoms with Crippen LogP contribution in [0.25, 0.3) is 21.5 Å². The van der Waals surface area contributed by atoms with Crippen molar-refractivity contribution < 1.29 is 8.42 Å². The second kappa shape index (κ2) is 6.39. The van der Waals surface area contributed by atoms with E-state index in [4.69, 9.17) is 0 Å². The molecule has 0 aromatic heterocycles. The van der Waals surface area contributed by atoms with Gasteiger partial charge in [-0.25, -0.2) is 0 Å². The lowest BCUT2D eigenvalue weighted by Crippen LogP contribution is -2.08. The molecule has 0 unspecified atom stereocenters. The average Bonchev–Trinajstić information content (AvgIpc) is 2.80. The first-order valence-corrected chi connectivity index (χ1v) is 9.77. The molecule has 0 radical (unpaired) electrons. The number of nitrogens with zero attached hydrogens (tertiary/aromatic N) is 1. The summed E-state index contributed by atoms with van der Waals surface area (Å²) in [6.07, 6.45) is 0. The molecular weight excluding hydrogens is 342 g/mol. The van der Waals surface area contributed by atoms with Crippen molar-refractivity contribution >= 4 is 31.6 Å². The second-order valence-corrected chi connectivity index (χ2v) is 7.84. The molecule has 4 heteroatoms. The molecule has 0 bridgehead atoms. The first-order chi connectivity index (χ1) is 12.5. The number of sulfonamides is 1. The average molecular weight is 359 g/mol. The normalized spacial score (nSPS) is 11.6. The number of rotatable bonds is 2. The Balaban J connectivity index is 2.15. The maximum Gasteiger partial charge on any atom is 0.282 e. The molecule has 0 aliphatic carbocycles. The van der Waals surface area contributed by atoms with Crippen LogP contribution < -0.4 is 5.36 Å². The highest BCUT2D eigenvalue weighted by molar-refractivity contribution is 7.90. The smallest absolute Gasteiger partial charge is 0.199 e. The van der Waals surface area contributed by atoms with Crippen LogP contribution in [0.3, 0.4) is 0 Å². The predicted octanol–water partition coefficient (Wildman–Crippen LogP) is 4.59. The van der Waals surface area contributed by atoms with Crippen molar-refractivity contribution in [1.29, 1.82) is 0 Å². The van der Waals surface area contributed by atoms with E-state index in [1.807, 2.05) is 67.6 Å². The monoisotopic (exact) mass is 359 g/mol. The maximum absolute atomic E-state index is 12.9. The standard InChI is InChI=1S/C22H17NO2S/c1-16-10-14-19(15-11-16)26(24,25)23-22-20-8-4-2-6-17(20)12-13-18-7-3-5-9-21(18)22/h2-15H,1H3. The number of fused-ring (bicyclic) bond motifs is 2. The van der Waals surface area contributed by atoms with Gasteiger partial charge in [-0.05, 0) is 29.8 Å². The summed E-state index contributed by atoms with van der Waals surface area (Å²) in [5, 5.41) is 3.98. The van der Waals surface area contributed by atoms with E-state index < -0.39 is 10.0 Å². The Morgan fingerprint density at radius 2 is 1.15 bits per heavy atom. The van der Waals surface area contributed by atoms with E-state index >= 15 is 0 Å². The molecule has 128 valence electrons. The fourth-order valence-corrected chi connectivity index (χ4v) is 4.04. The molecular formula is C22H17NO2S. The zero-order chi connectivity index (χ0) is 18.1. The van der Waals surface area contributed by atoms with Gasteiger partial charge < -0.3 is 0 Å². The van der Waals surface area contributed by atoms with Crippen LogP contribution >= 0.6 is 0 Å². The van der Waals surface area contributed by atoms with E-state index in [1.165, 1.54) is 0 Å². The van der Waals surface area contributed by atoms with Crippen LogP contribution in [0.5, 0.6) is 0 Å². The Hall–Kier alpha value is -2.98. The molecule has 4 rings (SSSR count). The van der Waals surface area contributed by atoms with Gasteiger partial charge >= 0.3 is 0 Å².